The molecule has 2 rings (SSSR count). The van der Waals surface area contributed by atoms with E-state index in [9.17, 15) is 19.2 Å². The molecule has 1 heterocycles. The number of carbonyl (C=O) groups is 4. The molecule has 0 saturated heterocycles. The van der Waals surface area contributed by atoms with Crippen LogP contribution < -0.4 is 10.7 Å². The van der Waals surface area contributed by atoms with Crippen LogP contribution in [0.5, 0.6) is 0 Å². The summed E-state index contributed by atoms with van der Waals surface area (Å²) in [6.07, 6.45) is 0.306. The fourth-order valence-corrected chi connectivity index (χ4v) is 2.01. The van der Waals surface area contributed by atoms with Gasteiger partial charge < -0.3 is 14.8 Å². The van der Waals surface area contributed by atoms with Crippen molar-refractivity contribution in [3.63, 3.8) is 0 Å². The van der Waals surface area contributed by atoms with Gasteiger partial charge in [-0.2, -0.15) is 5.10 Å². The number of esters is 2. The van der Waals surface area contributed by atoms with Crippen molar-refractivity contribution in [1.29, 1.82) is 0 Å². The highest BCUT2D eigenvalue weighted by atomic mass is 16.5. The molecule has 1 aromatic carbocycles. The number of hydrazone groups is 1. The van der Waals surface area contributed by atoms with Crippen molar-refractivity contribution >= 4 is 35.2 Å². The van der Waals surface area contributed by atoms with E-state index in [1.807, 2.05) is 0 Å². The summed E-state index contributed by atoms with van der Waals surface area (Å²) in [5, 5.41) is 6.17. The third-order valence-corrected chi connectivity index (χ3v) is 3.26. The van der Waals surface area contributed by atoms with Crippen LogP contribution in [-0.2, 0) is 19.1 Å². The van der Waals surface area contributed by atoms with Crippen LogP contribution in [0.25, 0.3) is 0 Å². The number of ether oxygens (including phenoxy) is 2. The third-order valence-electron chi connectivity index (χ3n) is 3.26. The number of rotatable bonds is 4. The van der Waals surface area contributed by atoms with Gasteiger partial charge in [0.05, 0.1) is 31.0 Å². The molecule has 9 nitrogen and oxygen atoms in total. The number of nitrogens with one attached hydrogen (secondary N) is 2. The summed E-state index contributed by atoms with van der Waals surface area (Å²) < 4.78 is 9.26. The van der Waals surface area contributed by atoms with Crippen LogP contribution in [0.3, 0.4) is 0 Å². The number of nitrogens with zero attached hydrogens (tertiary/aromatic N) is 1. The SMILES string of the molecule is COC(=O)c1ccc(C(=O)OC)c(NC(=O)C2=NNC(=O)CC2)c1. The summed E-state index contributed by atoms with van der Waals surface area (Å²) >= 11 is 0. The Morgan fingerprint density at radius 2 is 1.83 bits per heavy atom. The van der Waals surface area contributed by atoms with Gasteiger partial charge in [-0.3, -0.25) is 9.59 Å². The molecule has 0 saturated carbocycles. The fraction of sp³-hybridized carbons (Fsp3) is 0.267. The van der Waals surface area contributed by atoms with E-state index < -0.39 is 17.8 Å². The number of anilines is 1. The molecule has 0 atom stereocenters. The molecule has 0 aliphatic carbocycles. The van der Waals surface area contributed by atoms with Gasteiger partial charge >= 0.3 is 11.9 Å². The predicted octanol–water partition coefficient (Wildman–Crippen LogP) is 0.464. The smallest absolute Gasteiger partial charge is 0.339 e. The molecule has 0 bridgehead atoms. The molecule has 2 N–H and O–H groups in total. The van der Waals surface area contributed by atoms with Crippen LogP contribution in [0.15, 0.2) is 23.3 Å². The zero-order valence-corrected chi connectivity index (χ0v) is 13.0. The number of methoxy groups -OCH3 is 2. The van der Waals surface area contributed by atoms with Crippen molar-refractivity contribution in [2.24, 2.45) is 5.10 Å². The van der Waals surface area contributed by atoms with Crippen LogP contribution in [-0.4, -0.2) is 43.7 Å². The number of amides is 2. The van der Waals surface area contributed by atoms with Gasteiger partial charge in [0.25, 0.3) is 5.91 Å². The summed E-state index contributed by atoms with van der Waals surface area (Å²) in [6, 6.07) is 4.03. The topological polar surface area (TPSA) is 123 Å². The van der Waals surface area contributed by atoms with Crippen molar-refractivity contribution in [2.45, 2.75) is 12.8 Å². The van der Waals surface area contributed by atoms with Crippen molar-refractivity contribution in [2.75, 3.05) is 19.5 Å². The average molecular weight is 333 g/mol. The molecular formula is C15H15N3O6. The molecule has 1 aliphatic heterocycles. The second-order valence-electron chi connectivity index (χ2n) is 4.79. The minimum Gasteiger partial charge on any atom is -0.465 e. The van der Waals surface area contributed by atoms with Crippen LogP contribution in [0, 0.1) is 0 Å². The summed E-state index contributed by atoms with van der Waals surface area (Å²) in [4.78, 5) is 46.7. The molecule has 0 radical (unpaired) electrons. The van der Waals surface area contributed by atoms with Crippen LogP contribution >= 0.6 is 0 Å². The molecule has 0 spiro atoms. The van der Waals surface area contributed by atoms with Gasteiger partial charge in [0.15, 0.2) is 0 Å². The van der Waals surface area contributed by atoms with E-state index in [1.165, 1.54) is 32.4 Å². The first-order chi connectivity index (χ1) is 11.5. The van der Waals surface area contributed by atoms with Gasteiger partial charge in [-0.1, -0.05) is 0 Å². The molecule has 0 aromatic heterocycles. The maximum absolute atomic E-state index is 12.2. The van der Waals surface area contributed by atoms with E-state index in [-0.39, 0.29) is 41.3 Å². The van der Waals surface area contributed by atoms with Gasteiger partial charge in [-0.25, -0.2) is 15.0 Å². The van der Waals surface area contributed by atoms with E-state index >= 15 is 0 Å². The maximum atomic E-state index is 12.2. The molecule has 2 amide bonds. The first kappa shape index (κ1) is 17.1. The van der Waals surface area contributed by atoms with Crippen molar-refractivity contribution in [1.82, 2.24) is 5.43 Å². The van der Waals surface area contributed by atoms with E-state index in [0.717, 1.165) is 0 Å². The minimum atomic E-state index is -0.680. The summed E-state index contributed by atoms with van der Waals surface area (Å²) in [5.74, 6) is -2.18. The van der Waals surface area contributed by atoms with Crippen molar-refractivity contribution in [3.8, 4) is 0 Å². The Bertz CT molecular complexity index is 741. The highest BCUT2D eigenvalue weighted by Gasteiger charge is 2.22. The summed E-state index contributed by atoms with van der Waals surface area (Å²) in [7, 11) is 2.41. The zero-order chi connectivity index (χ0) is 17.7. The monoisotopic (exact) mass is 333 g/mol. The Hall–Kier alpha value is -3.23. The largest absolute Gasteiger partial charge is 0.465 e. The van der Waals surface area contributed by atoms with E-state index in [0.29, 0.717) is 0 Å². The summed E-state index contributed by atoms with van der Waals surface area (Å²) in [6.45, 7) is 0. The highest BCUT2D eigenvalue weighted by molar-refractivity contribution is 6.43. The minimum absolute atomic E-state index is 0.0685. The van der Waals surface area contributed by atoms with Crippen LogP contribution in [0.4, 0.5) is 5.69 Å². The first-order valence-corrected chi connectivity index (χ1v) is 6.93. The molecule has 0 unspecified atom stereocenters. The standard InChI is InChI=1S/C15H15N3O6/c1-23-14(21)8-3-4-9(15(22)24-2)11(7-8)16-13(20)10-5-6-12(19)18-17-10/h3-4,7H,5-6H2,1-2H3,(H,16,20)(H,18,19). The number of carbonyl (C=O) groups excluding carboxylic acids is 4. The van der Waals surface area contributed by atoms with E-state index in [1.54, 1.807) is 0 Å². The Morgan fingerprint density at radius 3 is 2.42 bits per heavy atom. The molecule has 9 heteroatoms. The van der Waals surface area contributed by atoms with Gasteiger partial charge in [0, 0.05) is 12.8 Å². The van der Waals surface area contributed by atoms with Crippen molar-refractivity contribution in [3.05, 3.63) is 29.3 Å². The average Bonchev–Trinajstić information content (AvgIpc) is 2.60. The quantitative estimate of drug-likeness (QED) is 0.772. The molecular weight excluding hydrogens is 318 g/mol. The highest BCUT2D eigenvalue weighted by Crippen LogP contribution is 2.20. The maximum Gasteiger partial charge on any atom is 0.339 e. The lowest BCUT2D eigenvalue weighted by atomic mass is 10.1. The normalized spacial score (nSPS) is 13.4. The van der Waals surface area contributed by atoms with Gasteiger partial charge in [-0.15, -0.1) is 0 Å². The van der Waals surface area contributed by atoms with E-state index in [4.69, 9.17) is 0 Å². The fourth-order valence-electron chi connectivity index (χ4n) is 2.01. The molecule has 0 fully saturated rings. The van der Waals surface area contributed by atoms with Crippen LogP contribution in [0.2, 0.25) is 0 Å². The van der Waals surface area contributed by atoms with Crippen molar-refractivity contribution < 1.29 is 28.7 Å². The Kier molecular flexibility index (Phi) is 5.25. The van der Waals surface area contributed by atoms with Gasteiger partial charge in [-0.05, 0) is 18.2 Å². The van der Waals surface area contributed by atoms with Crippen LogP contribution in [0.1, 0.15) is 33.6 Å². The first-order valence-electron chi connectivity index (χ1n) is 6.93. The molecule has 126 valence electrons. The lowest BCUT2D eigenvalue weighted by Gasteiger charge is -2.14. The number of hydrogen-bond acceptors (Lipinski definition) is 7. The third kappa shape index (κ3) is 3.75. The Morgan fingerprint density at radius 1 is 1.12 bits per heavy atom. The zero-order valence-electron chi connectivity index (χ0n) is 13.0. The van der Waals surface area contributed by atoms with Gasteiger partial charge in [0.2, 0.25) is 5.91 Å². The Balaban J connectivity index is 2.31. The second kappa shape index (κ2) is 7.36. The molecule has 1 aliphatic rings. The second-order valence-corrected chi connectivity index (χ2v) is 4.79. The van der Waals surface area contributed by atoms with E-state index in [2.05, 4.69) is 25.3 Å². The molecule has 1 aromatic rings. The number of benzene rings is 1. The Labute approximate surface area is 137 Å². The predicted molar refractivity (Wildman–Crippen MR) is 82.6 cm³/mol. The number of hydrogen-bond donors (Lipinski definition) is 2. The van der Waals surface area contributed by atoms with Gasteiger partial charge in [0.1, 0.15) is 5.71 Å². The summed E-state index contributed by atoms with van der Waals surface area (Å²) in [5.41, 5.74) is 2.61. The lowest BCUT2D eigenvalue weighted by Crippen LogP contribution is -2.33. The molecule has 24 heavy (non-hydrogen) atoms. The lowest BCUT2D eigenvalue weighted by molar-refractivity contribution is -0.121.